The van der Waals surface area contributed by atoms with E-state index in [9.17, 15) is 31.0 Å². The predicted octanol–water partition coefficient (Wildman–Crippen LogP) is -3.84. The second-order valence-corrected chi connectivity index (χ2v) is 8.46. The van der Waals surface area contributed by atoms with Crippen LogP contribution in [0.25, 0.3) is 12.2 Å². The molecule has 0 aromatic heterocycles. The van der Waals surface area contributed by atoms with Gasteiger partial charge in [-0.25, -0.2) is 8.42 Å². The molecular formula is C17H12N2Na2O7S3. The number of isothiocyanates is 1. The van der Waals surface area contributed by atoms with Crippen LogP contribution in [0.4, 0.5) is 11.4 Å². The van der Waals surface area contributed by atoms with Gasteiger partial charge in [-0.15, -0.1) is 0 Å². The molecule has 0 amide bonds. The van der Waals surface area contributed by atoms with Crippen LogP contribution in [-0.2, 0) is 20.2 Å². The van der Waals surface area contributed by atoms with Crippen molar-refractivity contribution in [1.29, 1.82) is 0 Å². The third-order valence-corrected chi connectivity index (χ3v) is 5.34. The summed E-state index contributed by atoms with van der Waals surface area (Å²) in [5.41, 5.74) is 0.0419. The van der Waals surface area contributed by atoms with Gasteiger partial charge in [0.1, 0.15) is 15.0 Å². The van der Waals surface area contributed by atoms with Crippen LogP contribution in [0.3, 0.4) is 0 Å². The molecule has 1 N–H and O–H groups in total. The largest absolute Gasteiger partial charge is 1.00 e. The van der Waals surface area contributed by atoms with Gasteiger partial charge >= 0.3 is 59.1 Å². The van der Waals surface area contributed by atoms with Crippen molar-refractivity contribution >= 4 is 67.0 Å². The van der Waals surface area contributed by atoms with Crippen LogP contribution in [0.1, 0.15) is 18.1 Å². The van der Waals surface area contributed by atoms with E-state index >= 15 is 0 Å². The normalized spacial score (nSPS) is 11.9. The Kier molecular flexibility index (Phi) is 12.2. The van der Waals surface area contributed by atoms with Crippen LogP contribution in [0.15, 0.2) is 56.2 Å². The van der Waals surface area contributed by atoms with Gasteiger partial charge in [0.2, 0.25) is 0 Å². The molecule has 0 atom stereocenters. The molecule has 152 valence electrons. The first-order chi connectivity index (χ1) is 13.4. The molecule has 0 radical (unpaired) electrons. The molecule has 0 aliphatic heterocycles. The molecule has 2 aromatic carbocycles. The molecule has 9 nitrogen and oxygen atoms in total. The van der Waals surface area contributed by atoms with E-state index in [0.717, 1.165) is 12.1 Å². The minimum absolute atomic E-state index is 0. The molecule has 2 aromatic rings. The quantitative estimate of drug-likeness (QED) is 0.106. The Bertz CT molecular complexity index is 1280. The fourth-order valence-corrected chi connectivity index (χ4v) is 3.81. The molecule has 0 aliphatic rings. The monoisotopic (exact) mass is 498 g/mol. The third-order valence-electron chi connectivity index (χ3n) is 3.45. The van der Waals surface area contributed by atoms with E-state index in [0.29, 0.717) is 0 Å². The molecule has 0 saturated heterocycles. The number of rotatable bonds is 6. The fourth-order valence-electron chi connectivity index (χ4n) is 2.31. The van der Waals surface area contributed by atoms with Crippen LogP contribution in [0.2, 0.25) is 0 Å². The second-order valence-electron chi connectivity index (χ2n) is 5.54. The standard InChI is InChI=1S/C17H14N2O7S3.2Na/c1-11(20)19-15-7-5-13(17(9-15)29(24,25)26)3-2-12-4-6-14(18-10-27)8-16(12)28(21,22)23;;/h2-9H,1H3,(H,19,20)(H,21,22,23)(H,24,25,26);;/q;2*+1/p-2/b3-2+;;. The van der Waals surface area contributed by atoms with Crippen LogP contribution in [-0.4, -0.2) is 37.0 Å². The van der Waals surface area contributed by atoms with Crippen LogP contribution in [0, 0.1) is 0 Å². The van der Waals surface area contributed by atoms with Gasteiger partial charge in [0.25, 0.3) is 10.1 Å². The molecule has 31 heavy (non-hydrogen) atoms. The van der Waals surface area contributed by atoms with Gasteiger partial charge in [0, 0.05) is 0 Å². The predicted molar refractivity (Wildman–Crippen MR) is 107 cm³/mol. The van der Waals surface area contributed by atoms with E-state index in [1.807, 2.05) is 5.16 Å². The zero-order valence-electron chi connectivity index (χ0n) is 16.6. The summed E-state index contributed by atoms with van der Waals surface area (Å²) in [5, 5.41) is 13.1. The fraction of sp³-hybridized carbons (Fsp3) is 0.0588. The van der Waals surface area contributed by atoms with Crippen LogP contribution < -0.4 is 64.2 Å². The van der Waals surface area contributed by atoms with Crippen molar-refractivity contribution in [2.24, 2.45) is 9.98 Å². The van der Waals surface area contributed by atoms with E-state index in [1.165, 1.54) is 43.3 Å². The Balaban J connectivity index is 0.00000450. The molecule has 2 rings (SSSR count). The molecule has 0 aliphatic carbocycles. The first-order valence-corrected chi connectivity index (χ1v) is 10.9. The average Bonchev–Trinajstić information content (AvgIpc) is 2.59. The van der Waals surface area contributed by atoms with E-state index in [-0.39, 0.29) is 81.6 Å². The molecule has 14 heteroatoms. The third kappa shape index (κ3) is 8.97. The molecule has 0 bridgehead atoms. The van der Waals surface area contributed by atoms with Gasteiger partial charge in [-0.05, 0) is 60.4 Å². The van der Waals surface area contributed by atoms with Crippen LogP contribution >= 0.6 is 12.2 Å². The minimum atomic E-state index is -4.88. The Hall–Kier alpha value is -0.730. The van der Waals surface area contributed by atoms with Crippen molar-refractivity contribution in [3.63, 3.8) is 0 Å². The van der Waals surface area contributed by atoms with Crippen LogP contribution in [0.5, 0.6) is 0 Å². The Morgan fingerprint density at radius 3 is 1.94 bits per heavy atom. The zero-order chi connectivity index (χ0) is 21.8. The Morgan fingerprint density at radius 2 is 1.48 bits per heavy atom. The average molecular weight is 498 g/mol. The molecule has 0 unspecified atom stereocenters. The first-order valence-electron chi connectivity index (χ1n) is 7.61. The summed E-state index contributed by atoms with van der Waals surface area (Å²) in [6.45, 7) is 1.17. The number of benzene rings is 2. The molecule has 0 saturated carbocycles. The molecule has 0 fully saturated rings. The smallest absolute Gasteiger partial charge is 0.862 e. The Morgan fingerprint density at radius 1 is 1.00 bits per heavy atom. The summed E-state index contributed by atoms with van der Waals surface area (Å²) in [6.07, 6.45) is 2.37. The summed E-state index contributed by atoms with van der Waals surface area (Å²) < 4.78 is 67.4. The van der Waals surface area contributed by atoms with Crippen molar-refractivity contribution < 1.29 is 90.2 Å². The molecular weight excluding hydrogens is 486 g/mol. The number of hydrogen-bond acceptors (Lipinski definition) is 9. The number of hydrogen-bond donors (Lipinski definition) is 1. The summed E-state index contributed by atoms with van der Waals surface area (Å²) >= 11 is 4.44. The maximum atomic E-state index is 11.7. The van der Waals surface area contributed by atoms with Gasteiger partial charge in [-0.2, -0.15) is 13.4 Å². The Labute approximate surface area is 229 Å². The number of thiocarbonyl (C=S) groups is 1. The van der Waals surface area contributed by atoms with Crippen molar-refractivity contribution in [3.8, 4) is 0 Å². The van der Waals surface area contributed by atoms with E-state index in [1.54, 1.807) is 0 Å². The van der Waals surface area contributed by atoms with Crippen molar-refractivity contribution in [2.45, 2.75) is 16.7 Å². The van der Waals surface area contributed by atoms with E-state index < -0.39 is 35.9 Å². The van der Waals surface area contributed by atoms with Gasteiger partial charge in [0.05, 0.1) is 21.4 Å². The maximum absolute atomic E-state index is 11.7. The van der Waals surface area contributed by atoms with E-state index in [4.69, 9.17) is 0 Å². The minimum Gasteiger partial charge on any atom is -0.862 e. The SMILES string of the molecule is CC([O-])=Nc1ccc(/C=C/c2ccc(N=C=S)cc2S(=O)(=O)[O-])c(S(=O)(=O)O)c1.[Na+].[Na+]. The van der Waals surface area contributed by atoms with Gasteiger partial charge in [0.15, 0.2) is 0 Å². The molecule has 0 spiro atoms. The van der Waals surface area contributed by atoms with Crippen molar-refractivity contribution in [3.05, 3.63) is 47.5 Å². The van der Waals surface area contributed by atoms with Gasteiger partial charge in [-0.3, -0.25) is 9.55 Å². The van der Waals surface area contributed by atoms with Crippen molar-refractivity contribution in [1.82, 2.24) is 0 Å². The van der Waals surface area contributed by atoms with Crippen molar-refractivity contribution in [2.75, 3.05) is 0 Å². The number of nitrogens with zero attached hydrogens (tertiary/aromatic N) is 2. The summed E-state index contributed by atoms with van der Waals surface area (Å²) in [5.74, 6) is -0.570. The summed E-state index contributed by atoms with van der Waals surface area (Å²) in [6, 6.07) is 7.24. The second kappa shape index (κ2) is 12.5. The van der Waals surface area contributed by atoms with Gasteiger partial charge < -0.3 is 9.66 Å². The zero-order valence-corrected chi connectivity index (χ0v) is 23.1. The molecule has 0 heterocycles. The maximum Gasteiger partial charge on any atom is 1.00 e. The van der Waals surface area contributed by atoms with Gasteiger partial charge in [-0.1, -0.05) is 24.3 Å². The van der Waals surface area contributed by atoms with E-state index in [2.05, 4.69) is 22.2 Å². The summed E-state index contributed by atoms with van der Waals surface area (Å²) in [7, 11) is -9.57. The first kappa shape index (κ1) is 30.3. The topological polar surface area (TPSA) is 159 Å². The summed E-state index contributed by atoms with van der Waals surface area (Å²) in [4.78, 5) is 6.04. The number of aliphatic imine (C=N–C) groups is 2.